The van der Waals surface area contributed by atoms with Crippen LogP contribution in [0, 0.1) is 5.92 Å². The molecule has 0 aromatic heterocycles. The first-order chi connectivity index (χ1) is 7.49. The maximum atomic E-state index is 11.7. The highest BCUT2D eigenvalue weighted by Gasteiger charge is 2.56. The van der Waals surface area contributed by atoms with Gasteiger partial charge in [-0.15, -0.1) is 11.8 Å². The van der Waals surface area contributed by atoms with Gasteiger partial charge in [0.15, 0.2) is 0 Å². The van der Waals surface area contributed by atoms with Crippen molar-refractivity contribution in [1.82, 2.24) is 4.90 Å². The lowest BCUT2D eigenvalue weighted by Gasteiger charge is -2.44. The molecule has 5 nitrogen and oxygen atoms in total. The van der Waals surface area contributed by atoms with Crippen LogP contribution in [-0.4, -0.2) is 45.4 Å². The fourth-order valence-electron chi connectivity index (χ4n) is 2.41. The Morgan fingerprint density at radius 2 is 2.25 bits per heavy atom. The number of carboxylic acid groups (broad SMARTS) is 1. The van der Waals surface area contributed by atoms with E-state index in [0.717, 1.165) is 0 Å². The average molecular weight is 243 g/mol. The van der Waals surface area contributed by atoms with E-state index in [1.165, 1.54) is 16.7 Å². The minimum atomic E-state index is -1.07. The van der Waals surface area contributed by atoms with Crippen LogP contribution in [0.25, 0.3) is 0 Å². The van der Waals surface area contributed by atoms with Gasteiger partial charge in [-0.2, -0.15) is 0 Å². The molecule has 6 heteroatoms. The number of carbonyl (C=O) groups is 2. The smallest absolute Gasteiger partial charge is 0.353 e. The summed E-state index contributed by atoms with van der Waals surface area (Å²) in [5.74, 6) is -1.79. The number of β-lactam (4-membered cyclic amide) rings is 1. The van der Waals surface area contributed by atoms with Gasteiger partial charge in [-0.05, 0) is 13.2 Å². The molecular weight excluding hydrogens is 230 g/mol. The van der Waals surface area contributed by atoms with Gasteiger partial charge >= 0.3 is 5.97 Å². The minimum absolute atomic E-state index is 0.0967. The monoisotopic (exact) mass is 243 g/mol. The summed E-state index contributed by atoms with van der Waals surface area (Å²) in [5.41, 5.74) is 0.0967. The minimum Gasteiger partial charge on any atom is -0.477 e. The first-order valence-electron chi connectivity index (χ1n) is 5.00. The van der Waals surface area contributed by atoms with Crippen LogP contribution >= 0.6 is 11.8 Å². The topological polar surface area (TPSA) is 77.8 Å². The number of aliphatic hydroxyl groups excluding tert-OH is 1. The zero-order valence-electron chi connectivity index (χ0n) is 9.01. The number of hydrogen-bond acceptors (Lipinski definition) is 4. The maximum Gasteiger partial charge on any atom is 0.353 e. The summed E-state index contributed by atoms with van der Waals surface area (Å²) < 4.78 is 0. The van der Waals surface area contributed by atoms with Crippen LogP contribution in [0.2, 0.25) is 0 Å². The predicted molar refractivity (Wildman–Crippen MR) is 58.6 cm³/mol. The number of aliphatic carboxylic acids is 1. The molecule has 0 aromatic rings. The average Bonchev–Trinajstić information content (AvgIpc) is 2.51. The van der Waals surface area contributed by atoms with Crippen molar-refractivity contribution in [3.8, 4) is 0 Å². The van der Waals surface area contributed by atoms with Crippen LogP contribution in [0.1, 0.15) is 13.3 Å². The second kappa shape index (κ2) is 3.78. The number of aliphatic hydroxyl groups is 1. The Balaban J connectivity index is 2.29. The molecule has 0 aliphatic carbocycles. The summed E-state index contributed by atoms with van der Waals surface area (Å²) in [6, 6.07) is -0.166. The van der Waals surface area contributed by atoms with Crippen LogP contribution in [0.3, 0.4) is 0 Å². The molecule has 1 amide bonds. The highest BCUT2D eigenvalue weighted by Crippen LogP contribution is 2.46. The summed E-state index contributed by atoms with van der Waals surface area (Å²) in [5, 5.41) is 18.5. The Morgan fingerprint density at radius 1 is 1.62 bits per heavy atom. The molecule has 0 saturated carbocycles. The Kier molecular flexibility index (Phi) is 2.71. The molecule has 88 valence electrons. The van der Waals surface area contributed by atoms with Crippen molar-refractivity contribution in [3.05, 3.63) is 10.6 Å². The van der Waals surface area contributed by atoms with Gasteiger partial charge < -0.3 is 15.1 Å². The van der Waals surface area contributed by atoms with Crippen molar-refractivity contribution in [1.29, 1.82) is 0 Å². The number of thioether (sulfide) groups is 1. The third-order valence-corrected chi connectivity index (χ3v) is 3.99. The molecule has 2 heterocycles. The summed E-state index contributed by atoms with van der Waals surface area (Å²) in [4.78, 5) is 24.8. The van der Waals surface area contributed by atoms with Gasteiger partial charge in [-0.25, -0.2) is 4.79 Å². The Hall–Kier alpha value is -1.01. The SMILES string of the molecule is CSC1=C(C(=O)O)N2C(=O)[C@H]([C@H](C)O)C2C1. The first-order valence-corrected chi connectivity index (χ1v) is 6.23. The molecule has 0 spiro atoms. The van der Waals surface area contributed by atoms with Gasteiger partial charge in [0, 0.05) is 11.3 Å². The molecular formula is C10H13NO4S. The quantitative estimate of drug-likeness (QED) is 0.695. The summed E-state index contributed by atoms with van der Waals surface area (Å²) in [6.45, 7) is 1.57. The molecule has 2 aliphatic heterocycles. The van der Waals surface area contributed by atoms with E-state index in [4.69, 9.17) is 5.11 Å². The van der Waals surface area contributed by atoms with E-state index in [0.29, 0.717) is 11.3 Å². The van der Waals surface area contributed by atoms with Crippen LogP contribution in [0.4, 0.5) is 0 Å². The molecule has 1 fully saturated rings. The van der Waals surface area contributed by atoms with E-state index >= 15 is 0 Å². The van der Waals surface area contributed by atoms with Crippen molar-refractivity contribution in [2.24, 2.45) is 5.92 Å². The Labute approximate surface area is 97.1 Å². The van der Waals surface area contributed by atoms with Crippen molar-refractivity contribution in [3.63, 3.8) is 0 Å². The molecule has 3 atom stereocenters. The third kappa shape index (κ3) is 1.36. The Bertz CT molecular complexity index is 390. The molecule has 16 heavy (non-hydrogen) atoms. The highest BCUT2D eigenvalue weighted by molar-refractivity contribution is 8.02. The number of rotatable bonds is 3. The number of nitrogens with zero attached hydrogens (tertiary/aromatic N) is 1. The molecule has 2 N–H and O–H groups in total. The zero-order valence-corrected chi connectivity index (χ0v) is 9.82. The van der Waals surface area contributed by atoms with Gasteiger partial charge in [0.05, 0.1) is 18.1 Å². The second-order valence-corrected chi connectivity index (χ2v) is 4.93. The molecule has 1 saturated heterocycles. The second-order valence-electron chi connectivity index (χ2n) is 4.03. The van der Waals surface area contributed by atoms with E-state index in [9.17, 15) is 14.7 Å². The number of carbonyl (C=O) groups excluding carboxylic acids is 1. The van der Waals surface area contributed by atoms with Crippen LogP contribution in [-0.2, 0) is 9.59 Å². The van der Waals surface area contributed by atoms with Crippen LogP contribution in [0.5, 0.6) is 0 Å². The fourth-order valence-corrected chi connectivity index (χ4v) is 3.13. The number of amides is 1. The Morgan fingerprint density at radius 3 is 2.69 bits per heavy atom. The van der Waals surface area contributed by atoms with E-state index in [2.05, 4.69) is 0 Å². The van der Waals surface area contributed by atoms with Crippen molar-refractivity contribution in [2.45, 2.75) is 25.5 Å². The summed E-state index contributed by atoms with van der Waals surface area (Å²) >= 11 is 1.36. The van der Waals surface area contributed by atoms with Crippen molar-refractivity contribution >= 4 is 23.6 Å². The van der Waals surface area contributed by atoms with E-state index < -0.39 is 18.0 Å². The van der Waals surface area contributed by atoms with Crippen molar-refractivity contribution in [2.75, 3.05) is 6.26 Å². The third-order valence-electron chi connectivity index (χ3n) is 3.14. The van der Waals surface area contributed by atoms with E-state index in [1.807, 2.05) is 0 Å². The lowest BCUT2D eigenvalue weighted by molar-refractivity contribution is -0.161. The number of carboxylic acids is 1. The normalized spacial score (nSPS) is 30.2. The first kappa shape index (κ1) is 11.5. The standard InChI is InChI=1S/C10H13NO4S/c1-4(12)7-5-3-6(16-2)8(10(14)15)11(5)9(7)13/h4-5,7,12H,3H2,1-2H3,(H,14,15)/t4-,5?,7+/m0/s1. The molecule has 0 aromatic carbocycles. The van der Waals surface area contributed by atoms with Gasteiger partial charge in [0.1, 0.15) is 5.70 Å². The van der Waals surface area contributed by atoms with E-state index in [-0.39, 0.29) is 17.6 Å². The predicted octanol–water partition coefficient (Wildman–Crippen LogP) is 0.257. The molecule has 2 rings (SSSR count). The molecule has 0 bridgehead atoms. The molecule has 0 radical (unpaired) electrons. The lowest BCUT2D eigenvalue weighted by Crippen LogP contribution is -2.61. The van der Waals surface area contributed by atoms with Gasteiger partial charge in [-0.3, -0.25) is 4.79 Å². The lowest BCUT2D eigenvalue weighted by atomic mass is 9.83. The van der Waals surface area contributed by atoms with Gasteiger partial charge in [0.2, 0.25) is 5.91 Å². The van der Waals surface area contributed by atoms with Crippen LogP contribution < -0.4 is 0 Å². The summed E-state index contributed by atoms with van der Waals surface area (Å²) in [6.07, 6.45) is 1.63. The highest BCUT2D eigenvalue weighted by atomic mass is 32.2. The van der Waals surface area contributed by atoms with Crippen molar-refractivity contribution < 1.29 is 19.8 Å². The van der Waals surface area contributed by atoms with E-state index in [1.54, 1.807) is 13.2 Å². The summed E-state index contributed by atoms with van der Waals surface area (Å²) in [7, 11) is 0. The van der Waals surface area contributed by atoms with Gasteiger partial charge in [0.25, 0.3) is 0 Å². The number of fused-ring (bicyclic) bond motifs is 1. The maximum absolute atomic E-state index is 11.7. The van der Waals surface area contributed by atoms with Gasteiger partial charge in [-0.1, -0.05) is 0 Å². The zero-order chi connectivity index (χ0) is 12.0. The largest absolute Gasteiger partial charge is 0.477 e. The molecule has 2 aliphatic rings. The fraction of sp³-hybridized carbons (Fsp3) is 0.600. The molecule has 1 unspecified atom stereocenters. The number of hydrogen-bond donors (Lipinski definition) is 2. The van der Waals surface area contributed by atoms with Crippen LogP contribution in [0.15, 0.2) is 10.6 Å².